The van der Waals surface area contributed by atoms with Crippen molar-refractivity contribution in [1.29, 1.82) is 0 Å². The highest BCUT2D eigenvalue weighted by Gasteiger charge is 2.16. The van der Waals surface area contributed by atoms with Gasteiger partial charge in [-0.15, -0.1) is 0 Å². The Labute approximate surface area is 143 Å². The minimum atomic E-state index is -0.0692. The molecule has 1 N–H and O–H groups in total. The number of hydrogen-bond donors (Lipinski definition) is 1. The summed E-state index contributed by atoms with van der Waals surface area (Å²) in [5.41, 5.74) is 2.61. The van der Waals surface area contributed by atoms with Crippen LogP contribution in [0.4, 0.5) is 0 Å². The van der Waals surface area contributed by atoms with Crippen LogP contribution < -0.4 is 10.9 Å². The van der Waals surface area contributed by atoms with E-state index in [4.69, 9.17) is 16.0 Å². The maximum Gasteiger partial charge on any atom is 0.270 e. The van der Waals surface area contributed by atoms with E-state index in [-0.39, 0.29) is 12.1 Å². The first-order chi connectivity index (χ1) is 11.7. The molecular formula is C17H15ClN4O2. The SMILES string of the molecule is O=c1c2c(cnn1Cc1ncc(-c3ccc(Cl)cc3)o1)CNCC2. The predicted octanol–water partition coefficient (Wildman–Crippen LogP) is 2.25. The van der Waals surface area contributed by atoms with Crippen molar-refractivity contribution in [2.75, 3.05) is 6.54 Å². The Morgan fingerprint density at radius 2 is 2.08 bits per heavy atom. The minimum Gasteiger partial charge on any atom is -0.439 e. The summed E-state index contributed by atoms with van der Waals surface area (Å²) in [7, 11) is 0. The second-order valence-corrected chi connectivity index (χ2v) is 6.10. The third-order valence-corrected chi connectivity index (χ3v) is 4.32. The van der Waals surface area contributed by atoms with Gasteiger partial charge in [0.2, 0.25) is 5.89 Å². The van der Waals surface area contributed by atoms with Crippen molar-refractivity contribution < 1.29 is 4.42 Å². The number of benzene rings is 1. The molecule has 3 aromatic rings. The van der Waals surface area contributed by atoms with Crippen LogP contribution in [0.1, 0.15) is 17.0 Å². The Bertz CT molecular complexity index is 931. The van der Waals surface area contributed by atoms with E-state index >= 15 is 0 Å². The summed E-state index contributed by atoms with van der Waals surface area (Å²) in [5.74, 6) is 1.08. The zero-order chi connectivity index (χ0) is 16.5. The summed E-state index contributed by atoms with van der Waals surface area (Å²) >= 11 is 5.89. The van der Waals surface area contributed by atoms with Gasteiger partial charge < -0.3 is 9.73 Å². The van der Waals surface area contributed by atoms with Crippen molar-refractivity contribution >= 4 is 11.6 Å². The Morgan fingerprint density at radius 1 is 1.25 bits per heavy atom. The largest absolute Gasteiger partial charge is 0.439 e. The Kier molecular flexibility index (Phi) is 3.92. The maximum atomic E-state index is 12.5. The average Bonchev–Trinajstić information content (AvgIpc) is 3.07. The number of halogens is 1. The maximum absolute atomic E-state index is 12.5. The van der Waals surface area contributed by atoms with E-state index in [0.717, 1.165) is 29.7 Å². The van der Waals surface area contributed by atoms with Crippen LogP contribution in [0, 0.1) is 0 Å². The van der Waals surface area contributed by atoms with Crippen molar-refractivity contribution in [1.82, 2.24) is 20.1 Å². The van der Waals surface area contributed by atoms with Gasteiger partial charge in [-0.1, -0.05) is 11.6 Å². The van der Waals surface area contributed by atoms with Crippen molar-refractivity contribution in [3.05, 3.63) is 69.1 Å². The van der Waals surface area contributed by atoms with Gasteiger partial charge in [0.15, 0.2) is 5.76 Å². The van der Waals surface area contributed by atoms with Crippen LogP contribution in [-0.4, -0.2) is 21.3 Å². The molecule has 3 heterocycles. The normalized spacial score (nSPS) is 13.7. The first-order valence-electron chi connectivity index (χ1n) is 7.70. The smallest absolute Gasteiger partial charge is 0.270 e. The second kappa shape index (κ2) is 6.22. The molecule has 1 aliphatic rings. The molecule has 2 aromatic heterocycles. The van der Waals surface area contributed by atoms with Gasteiger partial charge in [-0.3, -0.25) is 4.79 Å². The van der Waals surface area contributed by atoms with Crippen LogP contribution in [0.5, 0.6) is 0 Å². The van der Waals surface area contributed by atoms with Crippen LogP contribution in [0.2, 0.25) is 5.02 Å². The summed E-state index contributed by atoms with van der Waals surface area (Å²) in [4.78, 5) is 16.8. The van der Waals surface area contributed by atoms with Gasteiger partial charge in [-0.05, 0) is 42.8 Å². The Morgan fingerprint density at radius 3 is 2.92 bits per heavy atom. The van der Waals surface area contributed by atoms with E-state index in [2.05, 4.69) is 15.4 Å². The second-order valence-electron chi connectivity index (χ2n) is 5.66. The molecule has 0 bridgehead atoms. The molecular weight excluding hydrogens is 328 g/mol. The fourth-order valence-corrected chi connectivity index (χ4v) is 2.92. The summed E-state index contributed by atoms with van der Waals surface area (Å²) in [6.45, 7) is 1.72. The van der Waals surface area contributed by atoms with Gasteiger partial charge in [0.25, 0.3) is 5.56 Å². The summed E-state index contributed by atoms with van der Waals surface area (Å²) < 4.78 is 7.15. The third-order valence-electron chi connectivity index (χ3n) is 4.07. The Balaban J connectivity index is 1.60. The standard InChI is InChI=1S/C17H15ClN4O2/c18-13-3-1-11(2-4-13)15-9-20-16(24-15)10-22-17(23)14-5-6-19-7-12(14)8-21-22/h1-4,8-9,19H,5-7,10H2. The molecule has 0 fully saturated rings. The molecule has 122 valence electrons. The van der Waals surface area contributed by atoms with Crippen LogP contribution in [0.15, 0.2) is 45.9 Å². The monoisotopic (exact) mass is 342 g/mol. The quantitative estimate of drug-likeness (QED) is 0.790. The summed E-state index contributed by atoms with van der Waals surface area (Å²) in [6, 6.07) is 7.32. The van der Waals surface area contributed by atoms with E-state index in [1.54, 1.807) is 24.5 Å². The van der Waals surface area contributed by atoms with E-state index in [0.29, 0.717) is 23.2 Å². The van der Waals surface area contributed by atoms with Gasteiger partial charge in [-0.25, -0.2) is 9.67 Å². The highest BCUT2D eigenvalue weighted by Crippen LogP contribution is 2.22. The fourth-order valence-electron chi connectivity index (χ4n) is 2.79. The molecule has 1 aliphatic heterocycles. The predicted molar refractivity (Wildman–Crippen MR) is 90.0 cm³/mol. The van der Waals surface area contributed by atoms with Gasteiger partial charge in [0.1, 0.15) is 6.54 Å². The summed E-state index contributed by atoms with van der Waals surface area (Å²) in [6.07, 6.45) is 4.11. The van der Waals surface area contributed by atoms with Gasteiger partial charge in [0.05, 0.1) is 12.4 Å². The number of oxazole rings is 1. The third kappa shape index (κ3) is 2.86. The molecule has 0 radical (unpaired) electrons. The molecule has 4 rings (SSSR count). The molecule has 24 heavy (non-hydrogen) atoms. The zero-order valence-electron chi connectivity index (χ0n) is 12.8. The van der Waals surface area contributed by atoms with Crippen LogP contribution in [-0.2, 0) is 19.5 Å². The van der Waals surface area contributed by atoms with E-state index in [1.807, 2.05) is 12.1 Å². The lowest BCUT2D eigenvalue weighted by Gasteiger charge is -2.16. The molecule has 0 atom stereocenters. The molecule has 6 nitrogen and oxygen atoms in total. The lowest BCUT2D eigenvalue weighted by atomic mass is 10.1. The molecule has 0 amide bonds. The molecule has 0 aliphatic carbocycles. The van der Waals surface area contributed by atoms with E-state index in [1.165, 1.54) is 4.68 Å². The van der Waals surface area contributed by atoms with Crippen molar-refractivity contribution in [2.45, 2.75) is 19.5 Å². The minimum absolute atomic E-state index is 0.0692. The molecule has 0 unspecified atom stereocenters. The van der Waals surface area contributed by atoms with Crippen LogP contribution >= 0.6 is 11.6 Å². The van der Waals surface area contributed by atoms with Crippen LogP contribution in [0.25, 0.3) is 11.3 Å². The van der Waals surface area contributed by atoms with Crippen molar-refractivity contribution in [3.63, 3.8) is 0 Å². The highest BCUT2D eigenvalue weighted by atomic mass is 35.5. The first-order valence-corrected chi connectivity index (χ1v) is 8.08. The number of rotatable bonds is 3. The van der Waals surface area contributed by atoms with Crippen molar-refractivity contribution in [2.24, 2.45) is 0 Å². The van der Waals surface area contributed by atoms with E-state index < -0.39 is 0 Å². The topological polar surface area (TPSA) is 73.0 Å². The van der Waals surface area contributed by atoms with E-state index in [9.17, 15) is 4.79 Å². The lowest BCUT2D eigenvalue weighted by molar-refractivity contribution is 0.460. The molecule has 0 saturated carbocycles. The fraction of sp³-hybridized carbons (Fsp3) is 0.235. The Hall–Kier alpha value is -2.44. The zero-order valence-corrected chi connectivity index (χ0v) is 13.6. The van der Waals surface area contributed by atoms with Crippen molar-refractivity contribution in [3.8, 4) is 11.3 Å². The average molecular weight is 343 g/mol. The number of fused-ring (bicyclic) bond motifs is 1. The molecule has 7 heteroatoms. The summed E-state index contributed by atoms with van der Waals surface area (Å²) in [5, 5.41) is 8.13. The van der Waals surface area contributed by atoms with Gasteiger partial charge >= 0.3 is 0 Å². The lowest BCUT2D eigenvalue weighted by Crippen LogP contribution is -2.34. The highest BCUT2D eigenvalue weighted by molar-refractivity contribution is 6.30. The molecule has 0 saturated heterocycles. The molecule has 1 aromatic carbocycles. The van der Waals surface area contributed by atoms with Crippen LogP contribution in [0.3, 0.4) is 0 Å². The van der Waals surface area contributed by atoms with Gasteiger partial charge in [-0.2, -0.15) is 5.10 Å². The number of nitrogens with zero attached hydrogens (tertiary/aromatic N) is 3. The number of hydrogen-bond acceptors (Lipinski definition) is 5. The number of nitrogens with one attached hydrogen (secondary N) is 1. The molecule has 0 spiro atoms. The first kappa shape index (κ1) is 15.1. The number of aromatic nitrogens is 3. The van der Waals surface area contributed by atoms with Gasteiger partial charge in [0, 0.05) is 22.7 Å².